The summed E-state index contributed by atoms with van der Waals surface area (Å²) in [5.41, 5.74) is 4.69. The molecule has 0 fully saturated rings. The van der Waals surface area contributed by atoms with E-state index in [1.54, 1.807) is 0 Å². The zero-order chi connectivity index (χ0) is 10.0. The Labute approximate surface area is 81.1 Å². The van der Waals surface area contributed by atoms with Gasteiger partial charge in [0.2, 0.25) is 5.95 Å². The van der Waals surface area contributed by atoms with Crippen LogP contribution in [0.4, 0.5) is 13.2 Å². The molecule has 0 aromatic carbocycles. The van der Waals surface area contributed by atoms with Gasteiger partial charge in [-0.3, -0.25) is 0 Å². The minimum atomic E-state index is -2.78. The highest BCUT2D eigenvalue weighted by Crippen LogP contribution is 2.24. The molecule has 0 spiro atoms. The predicted octanol–water partition coefficient (Wildman–Crippen LogP) is 2.38. The Kier molecular flexibility index (Phi) is 3.27. The van der Waals surface area contributed by atoms with E-state index in [1.807, 2.05) is 0 Å². The lowest BCUT2D eigenvalue weighted by Crippen LogP contribution is -2.05. The molecule has 0 aliphatic rings. The third-order valence-electron chi connectivity index (χ3n) is 1.47. The van der Waals surface area contributed by atoms with E-state index in [2.05, 4.69) is 20.9 Å². The van der Waals surface area contributed by atoms with Crippen LogP contribution in [0.15, 0.2) is 10.5 Å². The van der Waals surface area contributed by atoms with Gasteiger partial charge in [0.25, 0.3) is 6.43 Å². The fourth-order valence-electron chi connectivity index (χ4n) is 0.822. The smallest absolute Gasteiger partial charge is 0.280 e. The van der Waals surface area contributed by atoms with Crippen molar-refractivity contribution in [1.82, 2.24) is 4.98 Å². The summed E-state index contributed by atoms with van der Waals surface area (Å²) in [6.07, 6.45) is -2.78. The molecule has 1 aromatic rings. The van der Waals surface area contributed by atoms with Crippen LogP contribution >= 0.6 is 15.9 Å². The van der Waals surface area contributed by atoms with Gasteiger partial charge in [-0.15, -0.1) is 0 Å². The van der Waals surface area contributed by atoms with Crippen molar-refractivity contribution in [2.45, 2.75) is 13.0 Å². The van der Waals surface area contributed by atoms with Crippen molar-refractivity contribution in [2.75, 3.05) is 0 Å². The van der Waals surface area contributed by atoms with Crippen LogP contribution in [0.3, 0.4) is 0 Å². The number of pyridine rings is 1. The van der Waals surface area contributed by atoms with E-state index in [0.29, 0.717) is 0 Å². The topological polar surface area (TPSA) is 38.9 Å². The van der Waals surface area contributed by atoms with Gasteiger partial charge in [0.15, 0.2) is 0 Å². The molecule has 13 heavy (non-hydrogen) atoms. The average molecular weight is 255 g/mol. The van der Waals surface area contributed by atoms with Gasteiger partial charge in [0.05, 0.1) is 0 Å². The molecule has 0 saturated carbocycles. The van der Waals surface area contributed by atoms with E-state index in [9.17, 15) is 13.2 Å². The number of hydrogen-bond acceptors (Lipinski definition) is 2. The molecule has 0 saturated heterocycles. The zero-order valence-corrected chi connectivity index (χ0v) is 7.98. The first-order valence-corrected chi connectivity index (χ1v) is 4.18. The maximum Gasteiger partial charge on any atom is 0.280 e. The van der Waals surface area contributed by atoms with Gasteiger partial charge in [0, 0.05) is 16.6 Å². The second kappa shape index (κ2) is 4.06. The minimum Gasteiger partial charge on any atom is -0.326 e. The number of aromatic nitrogens is 1. The first-order chi connectivity index (χ1) is 6.06. The number of nitrogens with two attached hydrogens (primary N) is 1. The quantitative estimate of drug-likeness (QED) is 0.824. The van der Waals surface area contributed by atoms with Gasteiger partial charge >= 0.3 is 0 Å². The first-order valence-electron chi connectivity index (χ1n) is 3.39. The number of alkyl halides is 2. The lowest BCUT2D eigenvalue weighted by molar-refractivity contribution is 0.144. The SMILES string of the molecule is NCc1c(Br)cc(C(F)F)nc1F. The fraction of sp³-hybridized carbons (Fsp3) is 0.286. The average Bonchev–Trinajstić information content (AvgIpc) is 2.03. The molecule has 2 nitrogen and oxygen atoms in total. The van der Waals surface area contributed by atoms with E-state index in [4.69, 9.17) is 5.73 Å². The number of hydrogen-bond donors (Lipinski definition) is 1. The normalized spacial score (nSPS) is 10.9. The van der Waals surface area contributed by atoms with Gasteiger partial charge < -0.3 is 5.73 Å². The molecule has 0 amide bonds. The van der Waals surface area contributed by atoms with E-state index in [0.717, 1.165) is 6.07 Å². The highest BCUT2D eigenvalue weighted by molar-refractivity contribution is 9.10. The molecule has 0 aliphatic carbocycles. The lowest BCUT2D eigenvalue weighted by Gasteiger charge is -2.05. The van der Waals surface area contributed by atoms with Crippen LogP contribution in [0.2, 0.25) is 0 Å². The Bertz CT molecular complexity index is 294. The molecule has 1 aromatic heterocycles. The summed E-state index contributed by atoms with van der Waals surface area (Å²) in [7, 11) is 0. The van der Waals surface area contributed by atoms with Crippen LogP contribution in [0, 0.1) is 5.95 Å². The monoisotopic (exact) mass is 254 g/mol. The van der Waals surface area contributed by atoms with E-state index < -0.39 is 18.1 Å². The van der Waals surface area contributed by atoms with Crippen molar-refractivity contribution in [1.29, 1.82) is 0 Å². The summed E-state index contributed by atoms with van der Waals surface area (Å²) in [6, 6.07) is 1.07. The van der Waals surface area contributed by atoms with E-state index in [-0.39, 0.29) is 16.6 Å². The van der Waals surface area contributed by atoms with Crippen LogP contribution in [-0.2, 0) is 6.54 Å². The van der Waals surface area contributed by atoms with Crippen molar-refractivity contribution in [2.24, 2.45) is 5.73 Å². The Morgan fingerprint density at radius 1 is 1.54 bits per heavy atom. The van der Waals surface area contributed by atoms with Crippen molar-refractivity contribution < 1.29 is 13.2 Å². The molecular weight excluding hydrogens is 249 g/mol. The third kappa shape index (κ3) is 2.19. The Morgan fingerprint density at radius 2 is 2.15 bits per heavy atom. The molecular formula is C7H6BrF3N2. The Balaban J connectivity index is 3.20. The molecule has 1 rings (SSSR count). The highest BCUT2D eigenvalue weighted by atomic mass is 79.9. The van der Waals surface area contributed by atoms with Crippen molar-refractivity contribution >= 4 is 15.9 Å². The summed E-state index contributed by atoms with van der Waals surface area (Å²) < 4.78 is 37.3. The van der Waals surface area contributed by atoms with Crippen LogP contribution < -0.4 is 5.73 Å². The van der Waals surface area contributed by atoms with Crippen LogP contribution in [0.1, 0.15) is 17.7 Å². The number of nitrogens with zero attached hydrogens (tertiary/aromatic N) is 1. The van der Waals surface area contributed by atoms with Crippen LogP contribution in [0.5, 0.6) is 0 Å². The van der Waals surface area contributed by atoms with Gasteiger partial charge in [0.1, 0.15) is 5.69 Å². The molecule has 0 unspecified atom stereocenters. The highest BCUT2D eigenvalue weighted by Gasteiger charge is 2.15. The maximum absolute atomic E-state index is 12.9. The third-order valence-corrected chi connectivity index (χ3v) is 2.17. The van der Waals surface area contributed by atoms with Crippen molar-refractivity contribution in [3.8, 4) is 0 Å². The number of rotatable bonds is 2. The Morgan fingerprint density at radius 3 is 2.54 bits per heavy atom. The van der Waals surface area contributed by atoms with Crippen LogP contribution in [0.25, 0.3) is 0 Å². The molecule has 0 atom stereocenters. The summed E-state index contributed by atoms with van der Waals surface area (Å²) in [4.78, 5) is 3.08. The van der Waals surface area contributed by atoms with Gasteiger partial charge in [-0.1, -0.05) is 15.9 Å². The summed E-state index contributed by atoms with van der Waals surface area (Å²) in [5.74, 6) is -0.952. The minimum absolute atomic E-state index is 0.0804. The second-order valence-corrected chi connectivity index (χ2v) is 3.16. The molecule has 0 aliphatic heterocycles. The van der Waals surface area contributed by atoms with Gasteiger partial charge in [-0.25, -0.2) is 13.8 Å². The Hall–Kier alpha value is -0.620. The van der Waals surface area contributed by atoms with Gasteiger partial charge in [-0.2, -0.15) is 4.39 Å². The molecule has 1 heterocycles. The van der Waals surface area contributed by atoms with Crippen molar-refractivity contribution in [3.05, 3.63) is 27.7 Å². The summed E-state index contributed by atoms with van der Waals surface area (Å²) in [6.45, 7) is -0.0804. The zero-order valence-electron chi connectivity index (χ0n) is 6.40. The van der Waals surface area contributed by atoms with Gasteiger partial charge in [-0.05, 0) is 6.07 Å². The summed E-state index contributed by atoms with van der Waals surface area (Å²) >= 11 is 2.93. The van der Waals surface area contributed by atoms with E-state index >= 15 is 0 Å². The predicted molar refractivity (Wildman–Crippen MR) is 44.7 cm³/mol. The standard InChI is InChI=1S/C7H6BrF3N2/c8-4-1-5(6(9)10)13-7(11)3(4)2-12/h1,6H,2,12H2. The number of halogens is 4. The molecule has 6 heteroatoms. The summed E-state index contributed by atoms with van der Waals surface area (Å²) in [5, 5.41) is 0. The van der Waals surface area contributed by atoms with Crippen molar-refractivity contribution in [3.63, 3.8) is 0 Å². The second-order valence-electron chi connectivity index (χ2n) is 2.30. The largest absolute Gasteiger partial charge is 0.326 e. The fourth-order valence-corrected chi connectivity index (χ4v) is 1.38. The molecule has 2 N–H and O–H groups in total. The maximum atomic E-state index is 12.9. The first kappa shape index (κ1) is 10.5. The molecule has 0 radical (unpaired) electrons. The van der Waals surface area contributed by atoms with E-state index in [1.165, 1.54) is 0 Å². The lowest BCUT2D eigenvalue weighted by atomic mass is 10.2. The molecule has 72 valence electrons. The molecule has 0 bridgehead atoms. The van der Waals surface area contributed by atoms with Crippen LogP contribution in [-0.4, -0.2) is 4.98 Å².